The summed E-state index contributed by atoms with van der Waals surface area (Å²) >= 11 is 0. The lowest BCUT2D eigenvalue weighted by Gasteiger charge is -2.13. The molecule has 2 rings (SSSR count). The van der Waals surface area contributed by atoms with E-state index in [9.17, 15) is 4.79 Å². The van der Waals surface area contributed by atoms with E-state index >= 15 is 0 Å². The molecule has 1 unspecified atom stereocenters. The molecule has 1 aliphatic carbocycles. The van der Waals surface area contributed by atoms with E-state index in [0.717, 1.165) is 39.0 Å². The van der Waals surface area contributed by atoms with Gasteiger partial charge in [0, 0.05) is 13.2 Å². The highest BCUT2D eigenvalue weighted by Gasteiger charge is 2.21. The van der Waals surface area contributed by atoms with Crippen LogP contribution in [0, 0.1) is 0 Å². The molecule has 0 aromatic heterocycles. The van der Waals surface area contributed by atoms with Crippen LogP contribution >= 0.6 is 12.4 Å². The molecular weight excluding hydrogens is 252 g/mol. The average molecular weight is 277 g/mol. The monoisotopic (exact) mass is 276 g/mol. The molecule has 1 amide bonds. The first-order valence-corrected chi connectivity index (χ1v) is 6.99. The van der Waals surface area contributed by atoms with E-state index in [4.69, 9.17) is 4.74 Å². The van der Waals surface area contributed by atoms with Gasteiger partial charge < -0.3 is 15.4 Å². The Labute approximate surface area is 116 Å². The lowest BCUT2D eigenvalue weighted by Crippen LogP contribution is -2.40. The second-order valence-corrected chi connectivity index (χ2v) is 5.07. The number of amides is 1. The molecule has 2 N–H and O–H groups in total. The quantitative estimate of drug-likeness (QED) is 0.725. The topological polar surface area (TPSA) is 50.4 Å². The van der Waals surface area contributed by atoms with Crippen molar-refractivity contribution in [1.29, 1.82) is 0 Å². The maximum absolute atomic E-state index is 11.7. The van der Waals surface area contributed by atoms with Gasteiger partial charge in [-0.3, -0.25) is 4.79 Å². The summed E-state index contributed by atoms with van der Waals surface area (Å²) < 4.78 is 5.74. The van der Waals surface area contributed by atoms with Gasteiger partial charge in [0.25, 0.3) is 0 Å². The summed E-state index contributed by atoms with van der Waals surface area (Å²) in [7, 11) is 0. The van der Waals surface area contributed by atoms with Crippen LogP contribution < -0.4 is 10.6 Å². The standard InChI is InChI=1S/C13H24N2O2.ClH/c16-13(12-7-3-8-14-12)15-9-4-10-17-11-5-1-2-6-11;/h11-12,14H,1-10H2,(H,15,16);1H. The first-order chi connectivity index (χ1) is 8.36. The van der Waals surface area contributed by atoms with Crippen LogP contribution in [0.5, 0.6) is 0 Å². The maximum Gasteiger partial charge on any atom is 0.237 e. The number of hydrogen-bond donors (Lipinski definition) is 2. The Kier molecular flexibility index (Phi) is 7.63. The van der Waals surface area contributed by atoms with Gasteiger partial charge in [0.05, 0.1) is 12.1 Å². The maximum atomic E-state index is 11.7. The van der Waals surface area contributed by atoms with Crippen molar-refractivity contribution < 1.29 is 9.53 Å². The summed E-state index contributed by atoms with van der Waals surface area (Å²) in [5.41, 5.74) is 0. The fourth-order valence-corrected chi connectivity index (χ4v) is 2.62. The highest BCUT2D eigenvalue weighted by atomic mass is 35.5. The zero-order valence-electron chi connectivity index (χ0n) is 11.0. The summed E-state index contributed by atoms with van der Waals surface area (Å²) in [6, 6.07) is 0.0470. The summed E-state index contributed by atoms with van der Waals surface area (Å²) in [6.45, 7) is 2.50. The predicted octanol–water partition coefficient (Wildman–Crippen LogP) is 1.63. The zero-order chi connectivity index (χ0) is 11.9. The molecule has 1 saturated heterocycles. The molecule has 0 aromatic carbocycles. The molecule has 1 aliphatic heterocycles. The van der Waals surface area contributed by atoms with Crippen molar-refractivity contribution in [3.05, 3.63) is 0 Å². The van der Waals surface area contributed by atoms with Gasteiger partial charge in [0.1, 0.15) is 0 Å². The molecule has 1 heterocycles. The van der Waals surface area contributed by atoms with Crippen molar-refractivity contribution in [2.75, 3.05) is 19.7 Å². The van der Waals surface area contributed by atoms with Gasteiger partial charge in [-0.15, -0.1) is 12.4 Å². The van der Waals surface area contributed by atoms with Crippen molar-refractivity contribution in [2.24, 2.45) is 0 Å². The number of carbonyl (C=O) groups excluding carboxylic acids is 1. The Morgan fingerprint density at radius 3 is 2.67 bits per heavy atom. The van der Waals surface area contributed by atoms with E-state index in [1.807, 2.05) is 0 Å². The van der Waals surface area contributed by atoms with Crippen molar-refractivity contribution in [1.82, 2.24) is 10.6 Å². The summed E-state index contributed by atoms with van der Waals surface area (Å²) in [5, 5.41) is 6.17. The smallest absolute Gasteiger partial charge is 0.237 e. The van der Waals surface area contributed by atoms with E-state index < -0.39 is 0 Å². The third-order valence-corrected chi connectivity index (χ3v) is 3.65. The third-order valence-electron chi connectivity index (χ3n) is 3.65. The van der Waals surface area contributed by atoms with Crippen LogP contribution in [0.25, 0.3) is 0 Å². The summed E-state index contributed by atoms with van der Waals surface area (Å²) in [4.78, 5) is 11.7. The van der Waals surface area contributed by atoms with E-state index in [1.165, 1.54) is 25.7 Å². The van der Waals surface area contributed by atoms with Crippen LogP contribution in [0.2, 0.25) is 0 Å². The molecular formula is C13H25ClN2O2. The molecule has 2 aliphatic rings. The molecule has 1 atom stereocenters. The van der Waals surface area contributed by atoms with Gasteiger partial charge in [-0.1, -0.05) is 12.8 Å². The minimum atomic E-state index is 0. The molecule has 4 nitrogen and oxygen atoms in total. The molecule has 106 valence electrons. The average Bonchev–Trinajstić information content (AvgIpc) is 3.01. The van der Waals surface area contributed by atoms with E-state index in [-0.39, 0.29) is 24.4 Å². The van der Waals surface area contributed by atoms with Gasteiger partial charge in [0.15, 0.2) is 0 Å². The Hall–Kier alpha value is -0.320. The van der Waals surface area contributed by atoms with Crippen LogP contribution in [-0.2, 0) is 9.53 Å². The Balaban J connectivity index is 0.00000162. The van der Waals surface area contributed by atoms with E-state index in [0.29, 0.717) is 6.10 Å². The Morgan fingerprint density at radius 1 is 1.22 bits per heavy atom. The Bertz CT molecular complexity index is 239. The van der Waals surface area contributed by atoms with Gasteiger partial charge in [-0.05, 0) is 38.6 Å². The fourth-order valence-electron chi connectivity index (χ4n) is 2.62. The summed E-state index contributed by atoms with van der Waals surface area (Å²) in [6.07, 6.45) is 8.57. The number of nitrogens with one attached hydrogen (secondary N) is 2. The van der Waals surface area contributed by atoms with Crippen LogP contribution in [0.15, 0.2) is 0 Å². The largest absolute Gasteiger partial charge is 0.378 e. The third kappa shape index (κ3) is 5.12. The van der Waals surface area contributed by atoms with Crippen LogP contribution in [0.1, 0.15) is 44.9 Å². The van der Waals surface area contributed by atoms with E-state index in [2.05, 4.69) is 10.6 Å². The normalized spacial score (nSPS) is 23.9. The number of hydrogen-bond acceptors (Lipinski definition) is 3. The first kappa shape index (κ1) is 15.7. The lowest BCUT2D eigenvalue weighted by atomic mass is 10.2. The minimum Gasteiger partial charge on any atom is -0.378 e. The van der Waals surface area contributed by atoms with Crippen molar-refractivity contribution in [3.63, 3.8) is 0 Å². The molecule has 1 saturated carbocycles. The number of carbonyl (C=O) groups is 1. The minimum absolute atomic E-state index is 0. The predicted molar refractivity (Wildman–Crippen MR) is 74.1 cm³/mol. The second-order valence-electron chi connectivity index (χ2n) is 5.07. The molecule has 2 fully saturated rings. The first-order valence-electron chi connectivity index (χ1n) is 6.99. The van der Waals surface area contributed by atoms with Gasteiger partial charge >= 0.3 is 0 Å². The number of ether oxygens (including phenoxy) is 1. The molecule has 0 aromatic rings. The second kappa shape index (κ2) is 8.73. The van der Waals surface area contributed by atoms with Crippen LogP contribution in [-0.4, -0.2) is 37.7 Å². The highest BCUT2D eigenvalue weighted by molar-refractivity contribution is 5.85. The van der Waals surface area contributed by atoms with Crippen LogP contribution in [0.4, 0.5) is 0 Å². The van der Waals surface area contributed by atoms with Crippen LogP contribution in [0.3, 0.4) is 0 Å². The molecule has 18 heavy (non-hydrogen) atoms. The number of rotatable bonds is 6. The van der Waals surface area contributed by atoms with Crippen molar-refractivity contribution >= 4 is 18.3 Å². The van der Waals surface area contributed by atoms with Gasteiger partial charge in [0.2, 0.25) is 5.91 Å². The fraction of sp³-hybridized carbons (Fsp3) is 0.923. The molecule has 0 radical (unpaired) electrons. The lowest BCUT2D eigenvalue weighted by molar-refractivity contribution is -0.122. The molecule has 0 spiro atoms. The van der Waals surface area contributed by atoms with Crippen molar-refractivity contribution in [2.45, 2.75) is 57.1 Å². The SMILES string of the molecule is Cl.O=C(NCCCOC1CCCC1)C1CCCN1. The summed E-state index contributed by atoms with van der Waals surface area (Å²) in [5.74, 6) is 0.156. The molecule has 5 heteroatoms. The number of halogens is 1. The Morgan fingerprint density at radius 2 is 2.00 bits per heavy atom. The van der Waals surface area contributed by atoms with Gasteiger partial charge in [-0.2, -0.15) is 0 Å². The molecule has 0 bridgehead atoms. The highest BCUT2D eigenvalue weighted by Crippen LogP contribution is 2.20. The van der Waals surface area contributed by atoms with E-state index in [1.54, 1.807) is 0 Å². The van der Waals surface area contributed by atoms with Gasteiger partial charge in [-0.25, -0.2) is 0 Å². The van der Waals surface area contributed by atoms with Crippen molar-refractivity contribution in [3.8, 4) is 0 Å². The zero-order valence-corrected chi connectivity index (χ0v) is 11.8.